The van der Waals surface area contributed by atoms with E-state index < -0.39 is 28.8 Å². The third-order valence-electron chi connectivity index (χ3n) is 2.77. The van der Waals surface area contributed by atoms with Crippen LogP contribution in [-0.2, 0) is 10.8 Å². The van der Waals surface area contributed by atoms with Crippen LogP contribution < -0.4 is 10.1 Å². The maximum Gasteiger partial charge on any atom is 0.573 e. The molecule has 0 fully saturated rings. The number of hydrogen-bond acceptors (Lipinski definition) is 3. The Hall–Kier alpha value is -2.35. The molecule has 0 aliphatic heterocycles. The highest BCUT2D eigenvalue weighted by molar-refractivity contribution is 7.84. The fourth-order valence-electron chi connectivity index (χ4n) is 1.77. The van der Waals surface area contributed by atoms with Gasteiger partial charge < -0.3 is 10.1 Å². The van der Waals surface area contributed by atoms with E-state index in [-0.39, 0.29) is 5.69 Å². The molecule has 0 spiro atoms. The average molecular weight is 343 g/mol. The van der Waals surface area contributed by atoms with Crippen molar-refractivity contribution in [3.63, 3.8) is 0 Å². The van der Waals surface area contributed by atoms with Crippen LogP contribution in [0.2, 0.25) is 0 Å². The van der Waals surface area contributed by atoms with Gasteiger partial charge in [-0.2, -0.15) is 0 Å². The molecule has 4 nitrogen and oxygen atoms in total. The topological polar surface area (TPSA) is 55.4 Å². The Morgan fingerprint density at radius 2 is 1.78 bits per heavy atom. The third kappa shape index (κ3) is 5.10. The van der Waals surface area contributed by atoms with Gasteiger partial charge >= 0.3 is 6.36 Å². The SMILES string of the molecule is CS(=O)c1ccc(C(=O)Nc2cccc(OC(F)(F)F)c2)cc1. The Bertz CT molecular complexity index is 729. The lowest BCUT2D eigenvalue weighted by Crippen LogP contribution is -2.17. The van der Waals surface area contributed by atoms with Crippen molar-refractivity contribution in [3.8, 4) is 5.75 Å². The molecule has 2 aromatic rings. The molecular weight excluding hydrogens is 331 g/mol. The lowest BCUT2D eigenvalue weighted by molar-refractivity contribution is -0.274. The number of ether oxygens (including phenoxy) is 1. The predicted molar refractivity (Wildman–Crippen MR) is 79.9 cm³/mol. The van der Waals surface area contributed by atoms with Crippen LogP contribution in [0.3, 0.4) is 0 Å². The highest BCUT2D eigenvalue weighted by Gasteiger charge is 2.31. The zero-order valence-corrected chi connectivity index (χ0v) is 12.7. The summed E-state index contributed by atoms with van der Waals surface area (Å²) in [5.74, 6) is -0.922. The van der Waals surface area contributed by atoms with Gasteiger partial charge in [0.25, 0.3) is 5.91 Å². The van der Waals surface area contributed by atoms with Crippen LogP contribution in [0.4, 0.5) is 18.9 Å². The van der Waals surface area contributed by atoms with Crippen molar-refractivity contribution < 1.29 is 26.9 Å². The maximum absolute atomic E-state index is 12.2. The highest BCUT2D eigenvalue weighted by atomic mass is 32.2. The lowest BCUT2D eigenvalue weighted by Gasteiger charge is -2.11. The molecule has 1 atom stereocenters. The standard InChI is InChI=1S/C15H12F3NO3S/c1-23(21)13-7-5-10(6-8-13)14(20)19-11-3-2-4-12(9-11)22-15(16,17)18/h2-9H,1H3,(H,19,20). The molecular formula is C15H12F3NO3S. The average Bonchev–Trinajstić information content (AvgIpc) is 2.46. The van der Waals surface area contributed by atoms with E-state index in [2.05, 4.69) is 10.1 Å². The molecule has 2 rings (SSSR count). The molecule has 122 valence electrons. The summed E-state index contributed by atoms with van der Waals surface area (Å²) in [4.78, 5) is 12.6. The molecule has 0 saturated carbocycles. The Morgan fingerprint density at radius 1 is 1.13 bits per heavy atom. The van der Waals surface area contributed by atoms with Gasteiger partial charge in [0, 0.05) is 39.3 Å². The Labute approximate surface area is 132 Å². The normalized spacial score (nSPS) is 12.5. The monoisotopic (exact) mass is 343 g/mol. The first-order valence-corrected chi connectivity index (χ1v) is 7.91. The Morgan fingerprint density at radius 3 is 2.35 bits per heavy atom. The molecule has 0 heterocycles. The van der Waals surface area contributed by atoms with Crippen LogP contribution in [0, 0.1) is 0 Å². The fourth-order valence-corrected chi connectivity index (χ4v) is 2.29. The van der Waals surface area contributed by atoms with E-state index in [4.69, 9.17) is 0 Å². The van der Waals surface area contributed by atoms with Gasteiger partial charge in [-0.3, -0.25) is 9.00 Å². The smallest absolute Gasteiger partial charge is 0.406 e. The number of rotatable bonds is 4. The Kier molecular flexibility index (Phi) is 5.05. The van der Waals surface area contributed by atoms with Gasteiger partial charge in [0.05, 0.1) is 0 Å². The number of alkyl halides is 3. The van der Waals surface area contributed by atoms with E-state index in [1.54, 1.807) is 12.1 Å². The number of hydrogen-bond donors (Lipinski definition) is 1. The van der Waals surface area contributed by atoms with Gasteiger partial charge in [-0.15, -0.1) is 13.2 Å². The van der Waals surface area contributed by atoms with Crippen LogP contribution in [0.15, 0.2) is 53.4 Å². The first-order valence-electron chi connectivity index (χ1n) is 6.35. The minimum atomic E-state index is -4.80. The van der Waals surface area contributed by atoms with Crippen LogP contribution >= 0.6 is 0 Å². The van der Waals surface area contributed by atoms with Gasteiger partial charge in [0.2, 0.25) is 0 Å². The lowest BCUT2D eigenvalue weighted by atomic mass is 10.2. The van der Waals surface area contributed by atoms with E-state index in [9.17, 15) is 22.2 Å². The molecule has 2 aromatic carbocycles. The van der Waals surface area contributed by atoms with Crippen LogP contribution in [0.25, 0.3) is 0 Å². The van der Waals surface area contributed by atoms with Gasteiger partial charge in [0.1, 0.15) is 5.75 Å². The van der Waals surface area contributed by atoms with Crippen molar-refractivity contribution in [3.05, 3.63) is 54.1 Å². The maximum atomic E-state index is 12.2. The first kappa shape index (κ1) is 17.0. The summed E-state index contributed by atoms with van der Waals surface area (Å²) < 4.78 is 51.6. The second-order valence-electron chi connectivity index (χ2n) is 4.51. The van der Waals surface area contributed by atoms with E-state index in [1.165, 1.54) is 30.5 Å². The zero-order valence-electron chi connectivity index (χ0n) is 11.9. The van der Waals surface area contributed by atoms with Crippen LogP contribution in [-0.4, -0.2) is 22.7 Å². The van der Waals surface area contributed by atoms with Gasteiger partial charge in [-0.1, -0.05) is 6.07 Å². The number of carbonyl (C=O) groups is 1. The van der Waals surface area contributed by atoms with Crippen molar-refractivity contribution in [2.75, 3.05) is 11.6 Å². The molecule has 0 aliphatic rings. The minimum absolute atomic E-state index is 0.167. The minimum Gasteiger partial charge on any atom is -0.406 e. The van der Waals surface area contributed by atoms with Crippen LogP contribution in [0.1, 0.15) is 10.4 Å². The molecule has 1 unspecified atom stereocenters. The summed E-state index contributed by atoms with van der Waals surface area (Å²) in [7, 11) is -1.16. The van der Waals surface area contributed by atoms with E-state index >= 15 is 0 Å². The summed E-state index contributed by atoms with van der Waals surface area (Å²) in [6.45, 7) is 0. The van der Waals surface area contributed by atoms with Crippen molar-refractivity contribution in [1.29, 1.82) is 0 Å². The Balaban J connectivity index is 2.10. The van der Waals surface area contributed by atoms with Crippen molar-refractivity contribution in [1.82, 2.24) is 0 Å². The molecule has 23 heavy (non-hydrogen) atoms. The highest BCUT2D eigenvalue weighted by Crippen LogP contribution is 2.25. The number of benzene rings is 2. The number of nitrogens with one attached hydrogen (secondary N) is 1. The van der Waals surface area contributed by atoms with Crippen molar-refractivity contribution >= 4 is 22.4 Å². The van der Waals surface area contributed by atoms with Gasteiger partial charge in [-0.25, -0.2) is 0 Å². The zero-order chi connectivity index (χ0) is 17.0. The van der Waals surface area contributed by atoms with Crippen LogP contribution in [0.5, 0.6) is 5.75 Å². The second-order valence-corrected chi connectivity index (χ2v) is 5.89. The van der Waals surface area contributed by atoms with E-state index in [0.29, 0.717) is 10.5 Å². The summed E-state index contributed by atoms with van der Waals surface area (Å²) in [6, 6.07) is 11.1. The third-order valence-corrected chi connectivity index (χ3v) is 3.71. The molecule has 8 heteroatoms. The number of carbonyl (C=O) groups excluding carboxylic acids is 1. The van der Waals surface area contributed by atoms with E-state index in [0.717, 1.165) is 12.1 Å². The van der Waals surface area contributed by atoms with Crippen molar-refractivity contribution in [2.24, 2.45) is 0 Å². The number of anilines is 1. The van der Waals surface area contributed by atoms with E-state index in [1.807, 2.05) is 0 Å². The molecule has 0 radical (unpaired) electrons. The number of amides is 1. The summed E-state index contributed by atoms with van der Waals surface area (Å²) in [6.07, 6.45) is -3.28. The molecule has 0 aliphatic carbocycles. The molecule has 0 saturated heterocycles. The quantitative estimate of drug-likeness (QED) is 0.923. The summed E-state index contributed by atoms with van der Waals surface area (Å²) in [5.41, 5.74) is 0.459. The van der Waals surface area contributed by atoms with Gasteiger partial charge in [-0.05, 0) is 36.4 Å². The predicted octanol–water partition coefficient (Wildman–Crippen LogP) is 3.57. The summed E-state index contributed by atoms with van der Waals surface area (Å²) in [5, 5.41) is 2.47. The first-order chi connectivity index (χ1) is 10.7. The summed E-state index contributed by atoms with van der Waals surface area (Å²) >= 11 is 0. The molecule has 1 N–H and O–H groups in total. The number of halogens is 3. The molecule has 1 amide bonds. The molecule has 0 bridgehead atoms. The fraction of sp³-hybridized carbons (Fsp3) is 0.133. The van der Waals surface area contributed by atoms with Crippen molar-refractivity contribution in [2.45, 2.75) is 11.3 Å². The largest absolute Gasteiger partial charge is 0.573 e. The van der Waals surface area contributed by atoms with Gasteiger partial charge in [0.15, 0.2) is 0 Å². The second kappa shape index (κ2) is 6.82. The molecule has 0 aromatic heterocycles.